The number of hydrogen-bond acceptors (Lipinski definition) is 5. The summed E-state index contributed by atoms with van der Waals surface area (Å²) in [5.41, 5.74) is 1.43. The van der Waals surface area contributed by atoms with Gasteiger partial charge in [-0.3, -0.25) is 4.79 Å². The van der Waals surface area contributed by atoms with Crippen LogP contribution in [0.1, 0.15) is 22.5 Å². The summed E-state index contributed by atoms with van der Waals surface area (Å²) < 4.78 is 4.60. The predicted octanol–water partition coefficient (Wildman–Crippen LogP) is 1.06. The highest BCUT2D eigenvalue weighted by atomic mass is 16.5. The van der Waals surface area contributed by atoms with Crippen LogP contribution in [0.2, 0.25) is 0 Å². The van der Waals surface area contributed by atoms with Crippen molar-refractivity contribution in [3.05, 3.63) is 42.0 Å². The summed E-state index contributed by atoms with van der Waals surface area (Å²) >= 11 is 0. The van der Waals surface area contributed by atoms with Gasteiger partial charge >= 0.3 is 0 Å². The van der Waals surface area contributed by atoms with E-state index in [2.05, 4.69) is 31.8 Å². The molecule has 2 aromatic rings. The number of aromatic nitrogens is 2. The zero-order valence-electron chi connectivity index (χ0n) is 9.96. The minimum Gasteiger partial charge on any atom is -0.395 e. The Morgan fingerprint density at radius 1 is 1.42 bits per heavy atom. The second kappa shape index (κ2) is 6.33. The van der Waals surface area contributed by atoms with Gasteiger partial charge < -0.3 is 14.9 Å². The molecular formula is C13H11N3O3. The lowest BCUT2D eigenvalue weighted by Crippen LogP contribution is -2.12. The number of nitrogens with zero attached hydrogens (tertiary/aromatic N) is 2. The number of aliphatic hydroxyl groups is 1. The molecule has 0 atom stereocenters. The molecule has 6 nitrogen and oxygen atoms in total. The molecule has 0 saturated heterocycles. The lowest BCUT2D eigenvalue weighted by atomic mass is 10.2. The highest BCUT2D eigenvalue weighted by molar-refractivity contribution is 6.02. The molecule has 0 spiro atoms. The Balaban J connectivity index is 2.02. The maximum absolute atomic E-state index is 11.8. The maximum Gasteiger partial charge on any atom is 0.274 e. The second-order valence-electron chi connectivity index (χ2n) is 3.57. The highest BCUT2D eigenvalue weighted by Crippen LogP contribution is 2.06. The van der Waals surface area contributed by atoms with Gasteiger partial charge in [-0.25, -0.2) is 4.98 Å². The molecule has 2 N–H and O–H groups in total. The van der Waals surface area contributed by atoms with Gasteiger partial charge in [-0.2, -0.15) is 0 Å². The van der Waals surface area contributed by atoms with Gasteiger partial charge in [0.05, 0.1) is 12.8 Å². The number of hydrogen-bond donors (Lipinski definition) is 2. The molecule has 2 heterocycles. The van der Waals surface area contributed by atoms with Crippen LogP contribution >= 0.6 is 0 Å². The molecule has 6 heteroatoms. The summed E-state index contributed by atoms with van der Waals surface area (Å²) in [5.74, 6) is 5.25. The molecule has 0 aliphatic heterocycles. The van der Waals surface area contributed by atoms with E-state index in [4.69, 9.17) is 5.11 Å². The van der Waals surface area contributed by atoms with E-state index in [1.807, 2.05) is 0 Å². The fraction of sp³-hybridized carbons (Fsp3) is 0.154. The van der Waals surface area contributed by atoms with Crippen LogP contribution in [0, 0.1) is 11.8 Å². The van der Waals surface area contributed by atoms with E-state index >= 15 is 0 Å². The molecular weight excluding hydrogens is 246 g/mol. The first kappa shape index (κ1) is 12.8. The van der Waals surface area contributed by atoms with Gasteiger partial charge in [-0.05, 0) is 12.1 Å². The van der Waals surface area contributed by atoms with Crippen LogP contribution in [0.25, 0.3) is 0 Å². The first-order chi connectivity index (χ1) is 9.29. The molecule has 0 bridgehead atoms. The van der Waals surface area contributed by atoms with Crippen molar-refractivity contribution in [2.45, 2.75) is 6.42 Å². The van der Waals surface area contributed by atoms with Crippen molar-refractivity contribution in [1.82, 2.24) is 10.1 Å². The van der Waals surface area contributed by atoms with Gasteiger partial charge in [-0.1, -0.05) is 17.0 Å². The summed E-state index contributed by atoms with van der Waals surface area (Å²) in [7, 11) is 0. The van der Waals surface area contributed by atoms with Crippen LogP contribution in [0.4, 0.5) is 5.69 Å². The summed E-state index contributed by atoms with van der Waals surface area (Å²) in [6, 6.07) is 3.27. The van der Waals surface area contributed by atoms with Gasteiger partial charge in [0.15, 0.2) is 0 Å². The van der Waals surface area contributed by atoms with E-state index in [9.17, 15) is 4.79 Å². The van der Waals surface area contributed by atoms with Crippen molar-refractivity contribution in [3.63, 3.8) is 0 Å². The lowest BCUT2D eigenvalue weighted by molar-refractivity contribution is 0.102. The second-order valence-corrected chi connectivity index (χ2v) is 3.57. The smallest absolute Gasteiger partial charge is 0.274 e. The Morgan fingerprint density at radius 3 is 2.95 bits per heavy atom. The summed E-state index contributed by atoms with van der Waals surface area (Å²) in [6.07, 6.45) is 4.64. The number of pyridine rings is 1. The van der Waals surface area contributed by atoms with Crippen LogP contribution in [0.5, 0.6) is 0 Å². The number of aliphatic hydroxyl groups excluding tert-OH is 1. The van der Waals surface area contributed by atoms with Crippen molar-refractivity contribution >= 4 is 11.6 Å². The number of carbonyl (C=O) groups excluding carboxylic acids is 1. The van der Waals surface area contributed by atoms with Crippen LogP contribution in [0.3, 0.4) is 0 Å². The third kappa shape index (κ3) is 3.66. The lowest BCUT2D eigenvalue weighted by Gasteiger charge is -2.00. The molecule has 0 radical (unpaired) electrons. The van der Waals surface area contributed by atoms with E-state index in [0.717, 1.165) is 0 Å². The van der Waals surface area contributed by atoms with Crippen molar-refractivity contribution in [2.24, 2.45) is 0 Å². The van der Waals surface area contributed by atoms with Crippen LogP contribution in [-0.4, -0.2) is 27.8 Å². The monoisotopic (exact) mass is 257 g/mol. The van der Waals surface area contributed by atoms with Gasteiger partial charge in [0.25, 0.3) is 5.91 Å². The number of amides is 1. The Hall–Kier alpha value is -2.65. The first-order valence-electron chi connectivity index (χ1n) is 5.56. The molecule has 2 aromatic heterocycles. The van der Waals surface area contributed by atoms with Crippen molar-refractivity contribution in [1.29, 1.82) is 0 Å². The Kier molecular flexibility index (Phi) is 4.26. The third-order valence-electron chi connectivity index (χ3n) is 2.16. The van der Waals surface area contributed by atoms with E-state index in [-0.39, 0.29) is 18.2 Å². The van der Waals surface area contributed by atoms with Crippen molar-refractivity contribution in [3.8, 4) is 11.8 Å². The molecule has 0 aromatic carbocycles. The Labute approximate surface area is 109 Å². The minimum absolute atomic E-state index is 0.0274. The fourth-order valence-corrected chi connectivity index (χ4v) is 1.28. The molecule has 2 rings (SSSR count). The van der Waals surface area contributed by atoms with Crippen LogP contribution in [0.15, 0.2) is 35.3 Å². The van der Waals surface area contributed by atoms with Crippen LogP contribution < -0.4 is 5.32 Å². The predicted molar refractivity (Wildman–Crippen MR) is 67.3 cm³/mol. The summed E-state index contributed by atoms with van der Waals surface area (Å²) in [4.78, 5) is 15.8. The fourth-order valence-electron chi connectivity index (χ4n) is 1.28. The normalized spacial score (nSPS) is 9.53. The summed E-state index contributed by atoms with van der Waals surface area (Å²) in [6.45, 7) is 0.0274. The van der Waals surface area contributed by atoms with Gasteiger partial charge in [0, 0.05) is 18.2 Å². The zero-order valence-corrected chi connectivity index (χ0v) is 9.96. The van der Waals surface area contributed by atoms with Gasteiger partial charge in [0.1, 0.15) is 17.6 Å². The van der Waals surface area contributed by atoms with E-state index in [1.165, 1.54) is 18.7 Å². The zero-order chi connectivity index (χ0) is 13.5. The SMILES string of the molecule is O=C(Nc1cnoc1)c1ccc(C#CCCO)cn1. The third-order valence-corrected chi connectivity index (χ3v) is 2.16. The average molecular weight is 257 g/mol. The Bertz CT molecular complexity index is 594. The van der Waals surface area contributed by atoms with Crippen molar-refractivity contribution in [2.75, 3.05) is 11.9 Å². The molecule has 0 unspecified atom stereocenters. The Morgan fingerprint density at radius 2 is 2.32 bits per heavy atom. The van der Waals surface area contributed by atoms with E-state index in [1.54, 1.807) is 12.1 Å². The number of nitrogens with one attached hydrogen (secondary N) is 1. The average Bonchev–Trinajstić information content (AvgIpc) is 2.93. The van der Waals surface area contributed by atoms with Gasteiger partial charge in [-0.15, -0.1) is 0 Å². The number of rotatable bonds is 3. The molecule has 0 saturated carbocycles. The maximum atomic E-state index is 11.8. The highest BCUT2D eigenvalue weighted by Gasteiger charge is 2.08. The number of anilines is 1. The minimum atomic E-state index is -0.349. The molecule has 0 aliphatic rings. The summed E-state index contributed by atoms with van der Waals surface area (Å²) in [5, 5.41) is 14.7. The van der Waals surface area contributed by atoms with E-state index < -0.39 is 0 Å². The molecule has 0 aliphatic carbocycles. The molecule has 96 valence electrons. The largest absolute Gasteiger partial charge is 0.395 e. The number of carbonyl (C=O) groups is 1. The van der Waals surface area contributed by atoms with Crippen LogP contribution in [-0.2, 0) is 0 Å². The molecule has 19 heavy (non-hydrogen) atoms. The standard InChI is InChI=1S/C13H11N3O3/c17-6-2-1-3-10-4-5-12(14-7-10)13(18)16-11-8-15-19-9-11/h4-5,7-9,17H,2,6H2,(H,16,18). The molecule has 0 fully saturated rings. The quantitative estimate of drug-likeness (QED) is 0.802. The molecule has 1 amide bonds. The first-order valence-corrected chi connectivity index (χ1v) is 5.56. The van der Waals surface area contributed by atoms with Crippen molar-refractivity contribution < 1.29 is 14.4 Å². The topological polar surface area (TPSA) is 88.2 Å². The van der Waals surface area contributed by atoms with Gasteiger partial charge in [0.2, 0.25) is 0 Å². The van der Waals surface area contributed by atoms with E-state index in [0.29, 0.717) is 17.7 Å².